The minimum atomic E-state index is -0.287. The zero-order valence-electron chi connectivity index (χ0n) is 27.0. The number of aromatic nitrogens is 3. The fourth-order valence-corrected chi connectivity index (χ4v) is 7.29. The third-order valence-electron chi connectivity index (χ3n) is 9.63. The Kier molecular flexibility index (Phi) is 6.45. The second kappa shape index (κ2) is 11.4. The first-order chi connectivity index (χ1) is 24.8. The van der Waals surface area contributed by atoms with Gasteiger partial charge in [-0.3, -0.25) is 9.13 Å². The van der Waals surface area contributed by atoms with Gasteiger partial charge in [0.25, 0.3) is 0 Å². The van der Waals surface area contributed by atoms with E-state index in [4.69, 9.17) is 15.0 Å². The van der Waals surface area contributed by atoms with Crippen molar-refractivity contribution < 1.29 is 0 Å². The first-order valence-electron chi connectivity index (χ1n) is 16.8. The predicted molar refractivity (Wildman–Crippen MR) is 205 cm³/mol. The van der Waals surface area contributed by atoms with Gasteiger partial charge in [0.2, 0.25) is 5.96 Å². The summed E-state index contributed by atoms with van der Waals surface area (Å²) in [6.07, 6.45) is 1.71. The van der Waals surface area contributed by atoms with Crippen molar-refractivity contribution in [3.8, 4) is 16.8 Å². The highest BCUT2D eigenvalue weighted by Crippen LogP contribution is 2.37. The summed E-state index contributed by atoms with van der Waals surface area (Å²) < 4.78 is 4.45. The maximum Gasteiger partial charge on any atom is 0.234 e. The largest absolute Gasteiger partial charge is 0.344 e. The molecular weight excluding hydrogens is 613 g/mol. The van der Waals surface area contributed by atoms with Crippen molar-refractivity contribution in [1.82, 2.24) is 19.4 Å². The Hall–Kier alpha value is -6.79. The molecule has 1 N–H and O–H groups in total. The third-order valence-corrected chi connectivity index (χ3v) is 9.63. The van der Waals surface area contributed by atoms with Crippen molar-refractivity contribution >= 4 is 55.5 Å². The van der Waals surface area contributed by atoms with Gasteiger partial charge in [-0.25, -0.2) is 9.98 Å². The summed E-state index contributed by atoms with van der Waals surface area (Å²) in [5, 5.41) is 8.18. The monoisotopic (exact) mass is 642 g/mol. The molecule has 0 radical (unpaired) electrons. The van der Waals surface area contributed by atoms with Gasteiger partial charge in [-0.1, -0.05) is 121 Å². The molecule has 6 heteroatoms. The van der Waals surface area contributed by atoms with Crippen LogP contribution in [0.15, 0.2) is 180 Å². The van der Waals surface area contributed by atoms with Crippen LogP contribution in [0, 0.1) is 0 Å². The molecule has 1 aliphatic heterocycles. The van der Waals surface area contributed by atoms with Gasteiger partial charge in [0.1, 0.15) is 17.6 Å². The lowest BCUT2D eigenvalue weighted by atomic mass is 10.0. The lowest BCUT2D eigenvalue weighted by molar-refractivity contribution is 0.668. The van der Waals surface area contributed by atoms with Crippen molar-refractivity contribution in [2.75, 3.05) is 0 Å². The number of pyridine rings is 1. The molecular formula is C44H30N6. The number of benzene rings is 6. The molecule has 0 spiro atoms. The molecule has 6 aromatic carbocycles. The van der Waals surface area contributed by atoms with Gasteiger partial charge in [0.05, 0.1) is 16.6 Å². The van der Waals surface area contributed by atoms with Crippen LogP contribution in [0.1, 0.15) is 17.3 Å². The first kappa shape index (κ1) is 28.2. The molecule has 0 saturated carbocycles. The Morgan fingerprint density at radius 3 is 1.84 bits per heavy atom. The lowest BCUT2D eigenvalue weighted by Gasteiger charge is -2.24. The molecule has 0 aliphatic carbocycles. The molecule has 0 fully saturated rings. The maximum atomic E-state index is 5.21. The average molecular weight is 643 g/mol. The molecule has 50 heavy (non-hydrogen) atoms. The van der Waals surface area contributed by atoms with E-state index in [-0.39, 0.29) is 6.17 Å². The zero-order valence-corrected chi connectivity index (χ0v) is 27.0. The van der Waals surface area contributed by atoms with Crippen LogP contribution < -0.4 is 5.32 Å². The average Bonchev–Trinajstić information content (AvgIpc) is 3.71. The van der Waals surface area contributed by atoms with Crippen molar-refractivity contribution in [2.45, 2.75) is 6.17 Å². The normalized spacial score (nSPS) is 14.6. The highest BCUT2D eigenvalue weighted by molar-refractivity contribution is 6.18. The zero-order chi connectivity index (χ0) is 33.0. The molecule has 9 aromatic rings. The van der Waals surface area contributed by atoms with Gasteiger partial charge in [-0.15, -0.1) is 0 Å². The summed E-state index contributed by atoms with van der Waals surface area (Å²) in [4.78, 5) is 15.4. The number of aliphatic imine (C=N–C) groups is 2. The maximum absolute atomic E-state index is 5.21. The van der Waals surface area contributed by atoms with E-state index in [9.17, 15) is 0 Å². The van der Waals surface area contributed by atoms with Gasteiger partial charge in [0, 0.05) is 44.6 Å². The summed E-state index contributed by atoms with van der Waals surface area (Å²) in [6, 6.07) is 57.1. The fourth-order valence-electron chi connectivity index (χ4n) is 7.29. The van der Waals surface area contributed by atoms with Gasteiger partial charge in [-0.2, -0.15) is 4.99 Å². The minimum absolute atomic E-state index is 0.287. The van der Waals surface area contributed by atoms with Crippen molar-refractivity contribution in [3.05, 3.63) is 181 Å². The molecule has 0 saturated heterocycles. The molecule has 6 nitrogen and oxygen atoms in total. The van der Waals surface area contributed by atoms with Gasteiger partial charge in [0.15, 0.2) is 0 Å². The van der Waals surface area contributed by atoms with Crippen molar-refractivity contribution in [3.63, 3.8) is 0 Å². The quantitative estimate of drug-likeness (QED) is 0.208. The summed E-state index contributed by atoms with van der Waals surface area (Å²) in [5.41, 5.74) is 9.56. The van der Waals surface area contributed by atoms with Crippen LogP contribution in [0.25, 0.3) is 60.6 Å². The number of nitrogens with zero attached hydrogens (tertiary/aromatic N) is 5. The first-order valence-corrected chi connectivity index (χ1v) is 16.8. The Balaban J connectivity index is 1.15. The standard InChI is InChI=1S/C44H30N6/c1-4-14-29(15-5-1)41-46-42(30-16-6-2-7-17-30)48-44(47-41)50-39-23-13-10-20-34(39)36-26-31(24-25-40(36)50)32-27-37-35-21-11-12-22-38(35)49(43(37)45-28-32)33-18-8-3-9-19-33/h1-28,41H,(H,46,47,48). The van der Waals surface area contributed by atoms with Crippen molar-refractivity contribution in [1.29, 1.82) is 0 Å². The highest BCUT2D eigenvalue weighted by atomic mass is 15.3. The van der Waals surface area contributed by atoms with Crippen LogP contribution >= 0.6 is 0 Å². The number of nitrogens with one attached hydrogen (secondary N) is 1. The Morgan fingerprint density at radius 1 is 0.480 bits per heavy atom. The van der Waals surface area contributed by atoms with Crippen molar-refractivity contribution in [2.24, 2.45) is 9.98 Å². The molecule has 4 heterocycles. The molecule has 0 amide bonds. The minimum Gasteiger partial charge on any atom is -0.344 e. The second-order valence-corrected chi connectivity index (χ2v) is 12.6. The number of rotatable bonds is 4. The van der Waals surface area contributed by atoms with Crippen LogP contribution in [-0.4, -0.2) is 25.9 Å². The molecule has 1 atom stereocenters. The summed E-state index contributed by atoms with van der Waals surface area (Å²) in [7, 11) is 0. The van der Waals surface area contributed by atoms with Crippen LogP contribution in [0.2, 0.25) is 0 Å². The SMILES string of the molecule is c1ccc(C2=NC(n3c4ccccc4c4cc(-c5cnc6c(c5)c5ccccc5n6-c5ccccc5)ccc43)=NC(c3ccccc3)N2)cc1. The van der Waals surface area contributed by atoms with E-state index in [1.54, 1.807) is 0 Å². The van der Waals surface area contributed by atoms with Crippen LogP contribution in [-0.2, 0) is 0 Å². The molecule has 1 aliphatic rings. The predicted octanol–water partition coefficient (Wildman–Crippen LogP) is 9.91. The Morgan fingerprint density at radius 2 is 1.08 bits per heavy atom. The van der Waals surface area contributed by atoms with E-state index in [0.717, 1.165) is 72.1 Å². The third kappa shape index (κ3) is 4.54. The second-order valence-electron chi connectivity index (χ2n) is 12.6. The van der Waals surface area contributed by atoms with Crippen LogP contribution in [0.5, 0.6) is 0 Å². The number of para-hydroxylation sites is 3. The molecule has 3 aromatic heterocycles. The van der Waals surface area contributed by atoms with E-state index >= 15 is 0 Å². The highest BCUT2D eigenvalue weighted by Gasteiger charge is 2.24. The summed E-state index contributed by atoms with van der Waals surface area (Å²) in [6.45, 7) is 0. The van der Waals surface area contributed by atoms with E-state index in [2.05, 4.69) is 136 Å². The number of hydrogen-bond acceptors (Lipinski definition) is 4. The van der Waals surface area contributed by atoms with Gasteiger partial charge >= 0.3 is 0 Å². The summed E-state index contributed by atoms with van der Waals surface area (Å²) >= 11 is 0. The molecule has 0 bridgehead atoms. The van der Waals surface area contributed by atoms with E-state index in [0.29, 0.717) is 5.96 Å². The smallest absolute Gasteiger partial charge is 0.234 e. The van der Waals surface area contributed by atoms with E-state index < -0.39 is 0 Å². The Labute approximate surface area is 288 Å². The van der Waals surface area contributed by atoms with Gasteiger partial charge < -0.3 is 5.32 Å². The molecule has 236 valence electrons. The van der Waals surface area contributed by atoms with Crippen LogP contribution in [0.3, 0.4) is 0 Å². The molecule has 1 unspecified atom stereocenters. The lowest BCUT2D eigenvalue weighted by Crippen LogP contribution is -2.35. The van der Waals surface area contributed by atoms with E-state index in [1.807, 2.05) is 48.7 Å². The molecule has 10 rings (SSSR count). The van der Waals surface area contributed by atoms with Gasteiger partial charge in [-0.05, 0) is 53.6 Å². The Bertz CT molecular complexity index is 2780. The topological polar surface area (TPSA) is 59.5 Å². The summed E-state index contributed by atoms with van der Waals surface area (Å²) in [5.74, 6) is 1.44. The van der Waals surface area contributed by atoms with Crippen LogP contribution in [0.4, 0.5) is 0 Å². The number of hydrogen-bond donors (Lipinski definition) is 1. The number of amidine groups is 1. The number of fused-ring (bicyclic) bond motifs is 6. The van der Waals surface area contributed by atoms with E-state index in [1.165, 1.54) is 5.39 Å². The fraction of sp³-hybridized carbons (Fsp3) is 0.0227.